The zero-order valence-corrected chi connectivity index (χ0v) is 14.6. The number of nitrogens with one attached hydrogen (secondary N) is 1. The summed E-state index contributed by atoms with van der Waals surface area (Å²) in [6, 6.07) is 4.60. The summed E-state index contributed by atoms with van der Waals surface area (Å²) in [4.78, 5) is 4.54. The van der Waals surface area contributed by atoms with E-state index in [9.17, 15) is 0 Å². The Labute approximate surface area is 137 Å². The first-order valence-corrected chi connectivity index (χ1v) is 8.99. The van der Waals surface area contributed by atoms with Crippen molar-refractivity contribution in [2.24, 2.45) is 0 Å². The Hall–Kier alpha value is -0.850. The number of hydrogen-bond acceptors (Lipinski definition) is 5. The lowest BCUT2D eigenvalue weighted by molar-refractivity contribution is 0.363. The van der Waals surface area contributed by atoms with E-state index >= 15 is 0 Å². The average molecular weight is 368 g/mol. The molecule has 0 spiro atoms. The number of rotatable bonds is 3. The lowest BCUT2D eigenvalue weighted by atomic mass is 10.1. The normalized spacial score (nSPS) is 18.9. The average Bonchev–Trinajstić information content (AvgIpc) is 2.94. The Bertz CT molecular complexity index is 615. The lowest BCUT2D eigenvalue weighted by Gasteiger charge is -2.21. The molecule has 0 amide bonds. The second-order valence-corrected chi connectivity index (χ2v) is 7.31. The zero-order chi connectivity index (χ0) is 14.8. The van der Waals surface area contributed by atoms with Crippen LogP contribution in [0.2, 0.25) is 0 Å². The fourth-order valence-corrected chi connectivity index (χ4v) is 3.67. The smallest absolute Gasteiger partial charge is 0.228 e. The molecule has 2 heterocycles. The van der Waals surface area contributed by atoms with Crippen LogP contribution in [-0.4, -0.2) is 34.2 Å². The molecule has 0 bridgehead atoms. The number of thioether (sulfide) groups is 1. The molecule has 1 aromatic heterocycles. The van der Waals surface area contributed by atoms with Crippen LogP contribution in [0.3, 0.4) is 0 Å². The molecule has 1 fully saturated rings. The third-order valence-electron chi connectivity index (χ3n) is 3.58. The second kappa shape index (κ2) is 6.50. The maximum atomic E-state index is 5.41. The molecule has 0 radical (unpaired) electrons. The van der Waals surface area contributed by atoms with Gasteiger partial charge >= 0.3 is 0 Å². The summed E-state index contributed by atoms with van der Waals surface area (Å²) >= 11 is 5.56. The summed E-state index contributed by atoms with van der Waals surface area (Å²) in [5, 5.41) is 7.62. The molecule has 1 aromatic carbocycles. The highest BCUT2D eigenvalue weighted by molar-refractivity contribution is 9.10. The van der Waals surface area contributed by atoms with Gasteiger partial charge in [0, 0.05) is 40.5 Å². The largest absolute Gasteiger partial charge is 0.339 e. The van der Waals surface area contributed by atoms with Gasteiger partial charge in [0.1, 0.15) is 0 Å². The Balaban J connectivity index is 1.78. The van der Waals surface area contributed by atoms with Crippen molar-refractivity contribution in [2.45, 2.75) is 26.3 Å². The van der Waals surface area contributed by atoms with Gasteiger partial charge in [-0.25, -0.2) is 0 Å². The summed E-state index contributed by atoms with van der Waals surface area (Å²) in [7, 11) is 0. The second-order valence-electron chi connectivity index (χ2n) is 5.37. The molecule has 1 N–H and O–H groups in total. The van der Waals surface area contributed by atoms with Gasteiger partial charge in [-0.3, -0.25) is 0 Å². The molecule has 3 rings (SSSR count). The maximum Gasteiger partial charge on any atom is 0.228 e. The van der Waals surface area contributed by atoms with Crippen LogP contribution in [0.4, 0.5) is 0 Å². The highest BCUT2D eigenvalue weighted by Crippen LogP contribution is 2.27. The van der Waals surface area contributed by atoms with Crippen LogP contribution in [0.15, 0.2) is 21.1 Å². The van der Waals surface area contributed by atoms with Gasteiger partial charge in [-0.05, 0) is 37.1 Å². The van der Waals surface area contributed by atoms with Crippen LogP contribution in [0.25, 0.3) is 11.4 Å². The van der Waals surface area contributed by atoms with E-state index in [-0.39, 0.29) is 0 Å². The minimum atomic E-state index is 0.436. The fraction of sp³-hybridized carbons (Fsp3) is 0.467. The van der Waals surface area contributed by atoms with Crippen molar-refractivity contribution in [1.82, 2.24) is 15.5 Å². The number of benzene rings is 1. The summed E-state index contributed by atoms with van der Waals surface area (Å²) in [5.41, 5.74) is 3.37. The number of hydrogen-bond donors (Lipinski definition) is 1. The fourth-order valence-electron chi connectivity index (χ4n) is 2.49. The van der Waals surface area contributed by atoms with Crippen LogP contribution in [0, 0.1) is 13.8 Å². The Morgan fingerprint density at radius 1 is 1.38 bits per heavy atom. The highest BCUT2D eigenvalue weighted by atomic mass is 79.9. The SMILES string of the molecule is Cc1cc(-c2noc(CC3CSCCN3)n2)cc(C)c1Br. The van der Waals surface area contributed by atoms with Crippen LogP contribution in [0.5, 0.6) is 0 Å². The van der Waals surface area contributed by atoms with Gasteiger partial charge in [-0.2, -0.15) is 16.7 Å². The van der Waals surface area contributed by atoms with E-state index in [0.29, 0.717) is 17.8 Å². The van der Waals surface area contributed by atoms with Gasteiger partial charge in [0.25, 0.3) is 0 Å². The minimum absolute atomic E-state index is 0.436. The lowest BCUT2D eigenvalue weighted by Crippen LogP contribution is -2.38. The van der Waals surface area contributed by atoms with Crippen LogP contribution in [-0.2, 0) is 6.42 Å². The first-order valence-electron chi connectivity index (χ1n) is 7.04. The molecule has 6 heteroatoms. The Morgan fingerprint density at radius 3 is 2.81 bits per heavy atom. The number of aromatic nitrogens is 2. The Kier molecular flexibility index (Phi) is 4.66. The number of aryl methyl sites for hydroxylation is 2. The molecule has 1 saturated heterocycles. The molecule has 1 aliphatic heterocycles. The van der Waals surface area contributed by atoms with E-state index < -0.39 is 0 Å². The van der Waals surface area contributed by atoms with Crippen molar-refractivity contribution in [3.63, 3.8) is 0 Å². The predicted octanol–water partition coefficient (Wildman–Crippen LogP) is 3.36. The molecule has 1 atom stereocenters. The van der Waals surface area contributed by atoms with E-state index in [1.807, 2.05) is 11.8 Å². The van der Waals surface area contributed by atoms with Crippen molar-refractivity contribution in [1.29, 1.82) is 0 Å². The maximum absolute atomic E-state index is 5.41. The quantitative estimate of drug-likeness (QED) is 0.900. The van der Waals surface area contributed by atoms with Crippen LogP contribution < -0.4 is 5.32 Å². The molecule has 21 heavy (non-hydrogen) atoms. The third-order valence-corrected chi connectivity index (χ3v) is 5.96. The van der Waals surface area contributed by atoms with Crippen LogP contribution in [0.1, 0.15) is 17.0 Å². The molecule has 112 valence electrons. The van der Waals surface area contributed by atoms with E-state index in [4.69, 9.17) is 4.52 Å². The topological polar surface area (TPSA) is 51.0 Å². The van der Waals surface area contributed by atoms with Gasteiger partial charge in [-0.15, -0.1) is 0 Å². The zero-order valence-electron chi connectivity index (χ0n) is 12.1. The first-order chi connectivity index (χ1) is 10.1. The molecule has 1 unspecified atom stereocenters. The Morgan fingerprint density at radius 2 is 2.14 bits per heavy atom. The van der Waals surface area contributed by atoms with E-state index in [0.717, 1.165) is 28.8 Å². The van der Waals surface area contributed by atoms with E-state index in [1.165, 1.54) is 16.9 Å². The standard InChI is InChI=1S/C15H18BrN3OS/c1-9-5-11(6-10(2)14(9)16)15-18-13(20-19-15)7-12-8-21-4-3-17-12/h5-6,12,17H,3-4,7-8H2,1-2H3. The molecular formula is C15H18BrN3OS. The molecule has 0 saturated carbocycles. The van der Waals surface area contributed by atoms with Crippen LogP contribution >= 0.6 is 27.7 Å². The van der Waals surface area contributed by atoms with Gasteiger partial charge in [0.15, 0.2) is 0 Å². The van der Waals surface area contributed by atoms with Gasteiger partial charge < -0.3 is 9.84 Å². The molecule has 0 aliphatic carbocycles. The van der Waals surface area contributed by atoms with Crippen molar-refractivity contribution in [2.75, 3.05) is 18.1 Å². The third kappa shape index (κ3) is 3.49. The monoisotopic (exact) mass is 367 g/mol. The van der Waals surface area contributed by atoms with Crippen molar-refractivity contribution in [3.05, 3.63) is 33.6 Å². The molecular weight excluding hydrogens is 350 g/mol. The van der Waals surface area contributed by atoms with E-state index in [2.05, 4.69) is 57.4 Å². The first kappa shape index (κ1) is 15.1. The summed E-state index contributed by atoms with van der Waals surface area (Å²) in [5.74, 6) is 3.67. The molecule has 2 aromatic rings. The number of nitrogens with zero attached hydrogens (tertiary/aromatic N) is 2. The number of halogens is 1. The van der Waals surface area contributed by atoms with Crippen molar-refractivity contribution < 1.29 is 4.52 Å². The van der Waals surface area contributed by atoms with Gasteiger partial charge in [0.05, 0.1) is 0 Å². The molecule has 4 nitrogen and oxygen atoms in total. The minimum Gasteiger partial charge on any atom is -0.339 e. The molecule has 1 aliphatic rings. The summed E-state index contributed by atoms with van der Waals surface area (Å²) in [6.45, 7) is 5.21. The highest BCUT2D eigenvalue weighted by Gasteiger charge is 2.18. The van der Waals surface area contributed by atoms with Crippen molar-refractivity contribution in [3.8, 4) is 11.4 Å². The van der Waals surface area contributed by atoms with Gasteiger partial charge in [0.2, 0.25) is 11.7 Å². The summed E-state index contributed by atoms with van der Waals surface area (Å²) < 4.78 is 6.55. The van der Waals surface area contributed by atoms with Gasteiger partial charge in [-0.1, -0.05) is 21.1 Å². The predicted molar refractivity (Wildman–Crippen MR) is 89.7 cm³/mol. The van der Waals surface area contributed by atoms with Crippen molar-refractivity contribution >= 4 is 27.7 Å². The van der Waals surface area contributed by atoms with E-state index in [1.54, 1.807) is 0 Å². The summed E-state index contributed by atoms with van der Waals surface area (Å²) in [6.07, 6.45) is 0.800.